The summed E-state index contributed by atoms with van der Waals surface area (Å²) >= 11 is 0. The second-order valence-electron chi connectivity index (χ2n) is 6.81. The van der Waals surface area contributed by atoms with E-state index in [9.17, 15) is 0 Å². The van der Waals surface area contributed by atoms with Gasteiger partial charge in [-0.1, -0.05) is 5.92 Å². The summed E-state index contributed by atoms with van der Waals surface area (Å²) < 4.78 is 7.83. The van der Waals surface area contributed by atoms with Crippen molar-refractivity contribution in [3.05, 3.63) is 60.8 Å². The lowest BCUT2D eigenvalue weighted by atomic mass is 10.1. The Balaban J connectivity index is 1.65. The molecule has 1 saturated heterocycles. The van der Waals surface area contributed by atoms with Gasteiger partial charge in [-0.3, -0.25) is 0 Å². The minimum atomic E-state index is 0.203. The second kappa shape index (κ2) is 8.33. The molecular weight excluding hydrogens is 361 g/mol. The van der Waals surface area contributed by atoms with E-state index >= 15 is 0 Å². The molecule has 3 heterocycles. The largest absolute Gasteiger partial charge is 0.458 e. The molecule has 7 heteroatoms. The van der Waals surface area contributed by atoms with Crippen LogP contribution in [-0.2, 0) is 0 Å². The molecule has 3 aromatic rings. The number of nitrogens with zero attached hydrogens (tertiary/aromatic N) is 5. The van der Waals surface area contributed by atoms with Crippen molar-refractivity contribution in [3.63, 3.8) is 0 Å². The van der Waals surface area contributed by atoms with Gasteiger partial charge in [0.1, 0.15) is 23.5 Å². The Hall–Kier alpha value is -3.37. The number of aromatic nitrogens is 4. The predicted octanol–water partition coefficient (Wildman–Crippen LogP) is 3.30. The van der Waals surface area contributed by atoms with Gasteiger partial charge in [0.25, 0.3) is 0 Å². The van der Waals surface area contributed by atoms with Crippen LogP contribution in [0.15, 0.2) is 60.8 Å². The van der Waals surface area contributed by atoms with Gasteiger partial charge < -0.3 is 9.55 Å². The Morgan fingerprint density at radius 2 is 2.17 bits per heavy atom. The SMILES string of the molecule is [B]N1CC[C@H](n2nc(-c3ccc(OC(/C=C\C#C)=C/C)cc3)c3cncnc32)C1. The Morgan fingerprint density at radius 1 is 1.34 bits per heavy atom. The summed E-state index contributed by atoms with van der Waals surface area (Å²) in [6.07, 6.45) is 14.8. The normalized spacial score (nSPS) is 17.8. The van der Waals surface area contributed by atoms with Crippen molar-refractivity contribution in [1.29, 1.82) is 0 Å². The van der Waals surface area contributed by atoms with Crippen LogP contribution >= 0.6 is 0 Å². The molecule has 29 heavy (non-hydrogen) atoms. The number of allylic oxidation sites excluding steroid dienone is 3. The molecule has 4 rings (SSSR count). The second-order valence-corrected chi connectivity index (χ2v) is 6.81. The highest BCUT2D eigenvalue weighted by Gasteiger charge is 2.25. The molecule has 0 amide bonds. The average molecular weight is 381 g/mol. The molecule has 2 radical (unpaired) electrons. The summed E-state index contributed by atoms with van der Waals surface area (Å²) in [6.45, 7) is 3.50. The monoisotopic (exact) mass is 381 g/mol. The first-order valence-corrected chi connectivity index (χ1v) is 9.44. The fraction of sp³-hybridized carbons (Fsp3) is 0.227. The smallest absolute Gasteiger partial charge is 0.182 e. The standard InChI is InChI=1S/C22H20BN5O/c1-3-5-6-18(4-2)29-19-9-7-16(8-10-19)21-20-13-24-15-25-22(20)28(26-21)17-11-12-27(23)14-17/h1,4-10,13,15,17H,11-12,14H2,2H3/b6-5-,18-4+/t17-/m0/s1. The summed E-state index contributed by atoms with van der Waals surface area (Å²) in [7, 11) is 5.95. The molecular formula is C22H20BN5O. The highest BCUT2D eigenvalue weighted by atomic mass is 16.5. The summed E-state index contributed by atoms with van der Waals surface area (Å²) in [5.74, 6) is 3.87. The molecule has 1 atom stereocenters. The Labute approximate surface area is 171 Å². The first kappa shape index (κ1) is 19.0. The average Bonchev–Trinajstić information content (AvgIpc) is 3.35. The van der Waals surface area contributed by atoms with Crippen molar-refractivity contribution >= 4 is 19.0 Å². The van der Waals surface area contributed by atoms with Crippen molar-refractivity contribution in [3.8, 4) is 29.4 Å². The summed E-state index contributed by atoms with van der Waals surface area (Å²) in [6, 6.07) is 7.99. The van der Waals surface area contributed by atoms with Crippen molar-refractivity contribution in [2.45, 2.75) is 19.4 Å². The number of hydrogen-bond acceptors (Lipinski definition) is 5. The molecule has 1 aliphatic heterocycles. The minimum Gasteiger partial charge on any atom is -0.458 e. The highest BCUT2D eigenvalue weighted by Crippen LogP contribution is 2.31. The van der Waals surface area contributed by atoms with Crippen molar-refractivity contribution in [2.24, 2.45) is 0 Å². The van der Waals surface area contributed by atoms with Crippen LogP contribution in [-0.4, -0.2) is 45.6 Å². The summed E-state index contributed by atoms with van der Waals surface area (Å²) in [4.78, 5) is 10.5. The molecule has 2 aromatic heterocycles. The van der Waals surface area contributed by atoms with Gasteiger partial charge in [-0.15, -0.1) is 6.42 Å². The number of rotatable bonds is 5. The molecule has 0 saturated carbocycles. The Kier molecular flexibility index (Phi) is 5.45. The van der Waals surface area contributed by atoms with Gasteiger partial charge in [-0.2, -0.15) is 5.10 Å². The van der Waals surface area contributed by atoms with Crippen LogP contribution in [0.5, 0.6) is 5.75 Å². The molecule has 0 bridgehead atoms. The fourth-order valence-electron chi connectivity index (χ4n) is 3.45. The van der Waals surface area contributed by atoms with E-state index in [4.69, 9.17) is 24.2 Å². The lowest BCUT2D eigenvalue weighted by molar-refractivity contribution is 0.443. The zero-order valence-electron chi connectivity index (χ0n) is 16.2. The Bertz CT molecular complexity index is 1110. The molecule has 0 unspecified atom stereocenters. The molecule has 0 aliphatic carbocycles. The number of ether oxygens (including phenoxy) is 1. The minimum absolute atomic E-state index is 0.203. The van der Waals surface area contributed by atoms with E-state index in [1.54, 1.807) is 18.5 Å². The van der Waals surface area contributed by atoms with E-state index in [1.165, 1.54) is 0 Å². The third kappa shape index (κ3) is 3.93. The van der Waals surface area contributed by atoms with Crippen molar-refractivity contribution in [2.75, 3.05) is 13.1 Å². The van der Waals surface area contributed by atoms with Gasteiger partial charge in [-0.05, 0) is 62.4 Å². The third-order valence-electron chi connectivity index (χ3n) is 4.90. The van der Waals surface area contributed by atoms with E-state index in [0.717, 1.165) is 47.6 Å². The zero-order valence-corrected chi connectivity index (χ0v) is 16.2. The van der Waals surface area contributed by atoms with Gasteiger partial charge >= 0.3 is 0 Å². The van der Waals surface area contributed by atoms with Gasteiger partial charge in [0.15, 0.2) is 13.6 Å². The van der Waals surface area contributed by atoms with Gasteiger partial charge in [0, 0.05) is 18.3 Å². The van der Waals surface area contributed by atoms with Gasteiger partial charge in [0.05, 0.1) is 11.4 Å². The predicted molar refractivity (Wildman–Crippen MR) is 114 cm³/mol. The first-order valence-electron chi connectivity index (χ1n) is 9.44. The number of terminal acetylenes is 1. The maximum Gasteiger partial charge on any atom is 0.182 e. The van der Waals surface area contributed by atoms with Crippen LogP contribution in [0.3, 0.4) is 0 Å². The van der Waals surface area contributed by atoms with Crippen LogP contribution in [0.25, 0.3) is 22.3 Å². The van der Waals surface area contributed by atoms with E-state index in [2.05, 4.69) is 15.9 Å². The molecule has 1 aliphatic rings. The summed E-state index contributed by atoms with van der Waals surface area (Å²) in [5, 5.41) is 5.79. The van der Waals surface area contributed by atoms with Crippen molar-refractivity contribution < 1.29 is 4.74 Å². The Morgan fingerprint density at radius 3 is 2.86 bits per heavy atom. The number of fused-ring (bicyclic) bond motifs is 1. The van der Waals surface area contributed by atoms with Crippen LogP contribution in [0.2, 0.25) is 0 Å². The lowest BCUT2D eigenvalue weighted by Crippen LogP contribution is -2.18. The maximum atomic E-state index is 5.95. The molecule has 0 spiro atoms. The number of benzene rings is 1. The quantitative estimate of drug-likeness (QED) is 0.294. The van der Waals surface area contributed by atoms with Crippen LogP contribution < -0.4 is 4.74 Å². The molecule has 1 fully saturated rings. The zero-order chi connectivity index (χ0) is 20.2. The van der Waals surface area contributed by atoms with Crippen LogP contribution in [0, 0.1) is 12.3 Å². The summed E-state index contributed by atoms with van der Waals surface area (Å²) in [5.41, 5.74) is 2.65. The molecule has 6 nitrogen and oxygen atoms in total. The van der Waals surface area contributed by atoms with E-state index in [1.807, 2.05) is 53.0 Å². The van der Waals surface area contributed by atoms with E-state index < -0.39 is 0 Å². The molecule has 0 N–H and O–H groups in total. The van der Waals surface area contributed by atoms with Crippen LogP contribution in [0.1, 0.15) is 19.4 Å². The third-order valence-corrected chi connectivity index (χ3v) is 4.90. The van der Waals surface area contributed by atoms with Crippen LogP contribution in [0.4, 0.5) is 0 Å². The first-order chi connectivity index (χ1) is 14.2. The number of hydrogen-bond donors (Lipinski definition) is 0. The van der Waals surface area contributed by atoms with Gasteiger partial charge in [-0.25, -0.2) is 14.6 Å². The van der Waals surface area contributed by atoms with E-state index in [0.29, 0.717) is 5.76 Å². The lowest BCUT2D eigenvalue weighted by Gasteiger charge is -2.11. The van der Waals surface area contributed by atoms with Crippen molar-refractivity contribution in [1.82, 2.24) is 24.6 Å². The van der Waals surface area contributed by atoms with E-state index in [-0.39, 0.29) is 6.04 Å². The highest BCUT2D eigenvalue weighted by molar-refractivity contribution is 6.04. The van der Waals surface area contributed by atoms with Gasteiger partial charge in [0.2, 0.25) is 0 Å². The fourth-order valence-corrected chi connectivity index (χ4v) is 3.45. The molecule has 142 valence electrons. The molecule has 1 aromatic carbocycles. The topological polar surface area (TPSA) is 56.1 Å². The maximum absolute atomic E-state index is 5.95.